The molecule has 0 aliphatic carbocycles. The highest BCUT2D eigenvalue weighted by Gasteiger charge is 1.97. The molecule has 0 unspecified atom stereocenters. The molecule has 1 heterocycles. The fourth-order valence-electron chi connectivity index (χ4n) is 1.06. The smallest absolute Gasteiger partial charge is 0.192 e. The van der Waals surface area contributed by atoms with E-state index in [1.807, 2.05) is 27.0 Å². The number of nitrogens with zero attached hydrogens (tertiary/aromatic N) is 2. The Morgan fingerprint density at radius 3 is 2.26 bits per heavy atom. The predicted molar refractivity (Wildman–Crippen MR) is 81.6 cm³/mol. The number of hydrogen-bond donors (Lipinski definition) is 3. The first-order valence-electron chi connectivity index (χ1n) is 6.22. The second-order valence-corrected chi connectivity index (χ2v) is 3.80. The fraction of sp³-hybridized carbons (Fsp3) is 0.538. The monoisotopic (exact) mass is 269 g/mol. The van der Waals surface area contributed by atoms with Crippen LogP contribution in [0.3, 0.4) is 0 Å². The maximum absolute atomic E-state index is 6.26. The van der Waals surface area contributed by atoms with E-state index >= 15 is 0 Å². The van der Waals surface area contributed by atoms with Gasteiger partial charge in [-0.25, -0.2) is 4.99 Å². The lowest BCUT2D eigenvalue weighted by molar-refractivity contribution is 0.412. The molecule has 1 rings (SSSR count). The molecule has 1 aromatic rings. The quantitative estimate of drug-likeness (QED) is 0.570. The van der Waals surface area contributed by atoms with Crippen molar-refractivity contribution in [2.24, 2.45) is 16.5 Å². The van der Waals surface area contributed by atoms with Crippen LogP contribution in [0.5, 0.6) is 0 Å². The number of likely N-dealkylation sites (N-methyl/N-ethyl adjacent to an activating group) is 1. The van der Waals surface area contributed by atoms with Crippen molar-refractivity contribution in [1.82, 2.24) is 4.90 Å². The lowest BCUT2D eigenvalue weighted by Crippen LogP contribution is -2.22. The molecule has 0 saturated carbocycles. The Morgan fingerprint density at radius 2 is 2.00 bits per heavy atom. The van der Waals surface area contributed by atoms with Crippen molar-refractivity contribution in [3.05, 3.63) is 23.7 Å². The van der Waals surface area contributed by atoms with Crippen molar-refractivity contribution in [2.45, 2.75) is 27.2 Å². The number of nitrogens with one attached hydrogen (secondary N) is 1. The number of aryl methyl sites for hydroxylation is 1. The molecule has 0 bridgehead atoms. The molecule has 0 aromatic carbocycles. The van der Waals surface area contributed by atoms with E-state index in [1.165, 1.54) is 5.56 Å². The van der Waals surface area contributed by atoms with Crippen LogP contribution >= 0.6 is 0 Å². The summed E-state index contributed by atoms with van der Waals surface area (Å²) in [6.45, 7) is 7.05. The SMILES string of the molecule is CC.Cc1cc(CCN(C)C)co1.N=CN=C(N)N. The Balaban J connectivity index is 0. The Hall–Kier alpha value is -1.82. The molecule has 0 spiro atoms. The van der Waals surface area contributed by atoms with Crippen LogP contribution in [0, 0.1) is 12.3 Å². The van der Waals surface area contributed by atoms with Gasteiger partial charge in [0.1, 0.15) is 12.1 Å². The van der Waals surface area contributed by atoms with Crippen molar-refractivity contribution in [2.75, 3.05) is 20.6 Å². The Labute approximate surface area is 116 Å². The highest BCUT2D eigenvalue weighted by Crippen LogP contribution is 2.06. The van der Waals surface area contributed by atoms with E-state index < -0.39 is 0 Å². The summed E-state index contributed by atoms with van der Waals surface area (Å²) in [7, 11) is 4.15. The molecule has 0 aliphatic rings. The van der Waals surface area contributed by atoms with Gasteiger partial charge in [-0.05, 0) is 39.1 Å². The molecule has 0 saturated heterocycles. The van der Waals surface area contributed by atoms with E-state index in [4.69, 9.17) is 21.3 Å². The molecule has 0 fully saturated rings. The third-order valence-corrected chi connectivity index (χ3v) is 1.85. The number of guanidine groups is 1. The zero-order valence-corrected chi connectivity index (χ0v) is 12.6. The standard InChI is InChI=1S/C9H15NO.C2H6N4.C2H6/c1-8-6-9(7-11-8)4-5-10(2)3;3-1-6-2(4)5;1-2/h6-7H,4-5H2,1-3H3;1H,(H5,3,4,5,6);1-2H3. The average molecular weight is 269 g/mol. The van der Waals surface area contributed by atoms with Gasteiger partial charge in [-0.3, -0.25) is 5.41 Å². The summed E-state index contributed by atoms with van der Waals surface area (Å²) in [6.07, 6.45) is 3.69. The first-order chi connectivity index (χ1) is 8.95. The minimum atomic E-state index is -0.0787. The summed E-state index contributed by atoms with van der Waals surface area (Å²) in [5.41, 5.74) is 10.8. The van der Waals surface area contributed by atoms with E-state index in [1.54, 1.807) is 0 Å². The summed E-state index contributed by atoms with van der Waals surface area (Å²) in [5, 5.41) is 6.26. The van der Waals surface area contributed by atoms with Crippen molar-refractivity contribution in [3.63, 3.8) is 0 Å². The topological polar surface area (TPSA) is 105 Å². The van der Waals surface area contributed by atoms with Crippen LogP contribution in [-0.2, 0) is 6.42 Å². The summed E-state index contributed by atoms with van der Waals surface area (Å²) >= 11 is 0. The van der Waals surface area contributed by atoms with E-state index in [9.17, 15) is 0 Å². The van der Waals surface area contributed by atoms with Crippen molar-refractivity contribution >= 4 is 12.3 Å². The largest absolute Gasteiger partial charge is 0.469 e. The number of aliphatic imine (C=N–C) groups is 1. The lowest BCUT2D eigenvalue weighted by atomic mass is 10.2. The van der Waals surface area contributed by atoms with Gasteiger partial charge in [-0.1, -0.05) is 13.8 Å². The second kappa shape index (κ2) is 12.6. The second-order valence-electron chi connectivity index (χ2n) is 3.80. The molecule has 6 nitrogen and oxygen atoms in total. The molecular formula is C13H27N5O. The van der Waals surface area contributed by atoms with Crippen LogP contribution in [0.4, 0.5) is 0 Å². The number of hydrogen-bond acceptors (Lipinski definition) is 3. The van der Waals surface area contributed by atoms with Gasteiger partial charge in [0, 0.05) is 6.54 Å². The van der Waals surface area contributed by atoms with Crippen LogP contribution < -0.4 is 11.5 Å². The normalized spacial score (nSPS) is 8.74. The number of furan rings is 1. The van der Waals surface area contributed by atoms with Crippen molar-refractivity contribution in [3.8, 4) is 0 Å². The van der Waals surface area contributed by atoms with Gasteiger partial charge in [0.25, 0.3) is 0 Å². The van der Waals surface area contributed by atoms with E-state index in [0.29, 0.717) is 0 Å². The average Bonchev–Trinajstić information content (AvgIpc) is 2.76. The van der Waals surface area contributed by atoms with Gasteiger partial charge in [0.05, 0.1) is 6.26 Å². The maximum Gasteiger partial charge on any atom is 0.192 e. The molecule has 0 radical (unpaired) electrons. The molecule has 5 N–H and O–H groups in total. The number of rotatable bonds is 4. The molecular weight excluding hydrogens is 242 g/mol. The van der Waals surface area contributed by atoms with Gasteiger partial charge in [-0.15, -0.1) is 0 Å². The molecule has 0 atom stereocenters. The van der Waals surface area contributed by atoms with Crippen molar-refractivity contribution in [1.29, 1.82) is 5.41 Å². The summed E-state index contributed by atoms with van der Waals surface area (Å²) < 4.78 is 5.18. The van der Waals surface area contributed by atoms with Crippen LogP contribution in [0.2, 0.25) is 0 Å². The minimum absolute atomic E-state index is 0.0787. The molecule has 0 amide bonds. The van der Waals surface area contributed by atoms with E-state index in [-0.39, 0.29) is 5.96 Å². The molecule has 0 aliphatic heterocycles. The first kappa shape index (κ1) is 19.5. The first-order valence-corrected chi connectivity index (χ1v) is 6.22. The summed E-state index contributed by atoms with van der Waals surface area (Å²) in [4.78, 5) is 5.31. The van der Waals surface area contributed by atoms with Gasteiger partial charge in [0.2, 0.25) is 0 Å². The molecule has 1 aromatic heterocycles. The van der Waals surface area contributed by atoms with Crippen LogP contribution in [0.15, 0.2) is 21.7 Å². The Bertz CT molecular complexity index is 354. The predicted octanol–water partition coefficient (Wildman–Crippen LogP) is 1.59. The third kappa shape index (κ3) is 14.1. The van der Waals surface area contributed by atoms with Gasteiger partial charge < -0.3 is 20.8 Å². The lowest BCUT2D eigenvalue weighted by Gasteiger charge is -2.06. The fourth-order valence-corrected chi connectivity index (χ4v) is 1.06. The zero-order chi connectivity index (χ0) is 15.3. The molecule has 19 heavy (non-hydrogen) atoms. The van der Waals surface area contributed by atoms with Gasteiger partial charge in [-0.2, -0.15) is 0 Å². The minimum Gasteiger partial charge on any atom is -0.469 e. The van der Waals surface area contributed by atoms with Crippen LogP contribution in [0.1, 0.15) is 25.2 Å². The highest BCUT2D eigenvalue weighted by atomic mass is 16.3. The Kier molecular flexibility index (Phi) is 13.0. The molecule has 6 heteroatoms. The highest BCUT2D eigenvalue weighted by molar-refractivity contribution is 5.83. The summed E-state index contributed by atoms with van der Waals surface area (Å²) in [5.74, 6) is 0.920. The molecule has 110 valence electrons. The van der Waals surface area contributed by atoms with Crippen molar-refractivity contribution < 1.29 is 4.42 Å². The third-order valence-electron chi connectivity index (χ3n) is 1.85. The van der Waals surface area contributed by atoms with E-state index in [2.05, 4.69) is 30.1 Å². The van der Waals surface area contributed by atoms with E-state index in [0.717, 1.165) is 25.1 Å². The zero-order valence-electron chi connectivity index (χ0n) is 12.6. The van der Waals surface area contributed by atoms with Crippen LogP contribution in [0.25, 0.3) is 0 Å². The Morgan fingerprint density at radius 1 is 1.42 bits per heavy atom. The maximum atomic E-state index is 6.26. The van der Waals surface area contributed by atoms with Gasteiger partial charge >= 0.3 is 0 Å². The van der Waals surface area contributed by atoms with Crippen LogP contribution in [-0.4, -0.2) is 37.8 Å². The van der Waals surface area contributed by atoms with Gasteiger partial charge in [0.15, 0.2) is 5.96 Å². The number of nitrogens with two attached hydrogens (primary N) is 2. The summed E-state index contributed by atoms with van der Waals surface area (Å²) in [6, 6.07) is 2.09.